The molecule has 0 saturated carbocycles. The molecule has 0 radical (unpaired) electrons. The zero-order valence-electron chi connectivity index (χ0n) is 12.5. The summed E-state index contributed by atoms with van der Waals surface area (Å²) in [5, 5.41) is 28.9. The van der Waals surface area contributed by atoms with Crippen molar-refractivity contribution < 1.29 is 5.11 Å². The minimum absolute atomic E-state index is 0.0246. The molecule has 2 aromatic carbocycles. The van der Waals surface area contributed by atoms with E-state index in [1.54, 1.807) is 0 Å². The molecule has 1 N–H and O–H groups in total. The first-order chi connectivity index (χ1) is 11.8. The van der Waals surface area contributed by atoms with Gasteiger partial charge in [-0.1, -0.05) is 72.0 Å². The number of rotatable bonds is 2. The van der Waals surface area contributed by atoms with Crippen LogP contribution in [0, 0.1) is 11.3 Å². The van der Waals surface area contributed by atoms with Gasteiger partial charge in [0.25, 0.3) is 0 Å². The fourth-order valence-corrected chi connectivity index (χ4v) is 3.55. The van der Waals surface area contributed by atoms with Gasteiger partial charge in [0.2, 0.25) is 0 Å². The molecule has 0 spiro atoms. The van der Waals surface area contributed by atoms with Crippen molar-refractivity contribution in [3.8, 4) is 34.2 Å². The average molecular weight is 329 g/mol. The van der Waals surface area contributed by atoms with E-state index in [2.05, 4.69) is 10.2 Å². The predicted octanol–water partition coefficient (Wildman–Crippen LogP) is 4.60. The summed E-state index contributed by atoms with van der Waals surface area (Å²) in [5.41, 5.74) is 3.32. The first-order valence-electron chi connectivity index (χ1n) is 7.32. The first kappa shape index (κ1) is 14.4. The van der Waals surface area contributed by atoms with E-state index in [0.29, 0.717) is 15.9 Å². The summed E-state index contributed by atoms with van der Waals surface area (Å²) in [6, 6.07) is 21.5. The van der Waals surface area contributed by atoms with Crippen LogP contribution in [0.2, 0.25) is 0 Å². The number of fused-ring (bicyclic) bond motifs is 1. The highest BCUT2D eigenvalue weighted by Crippen LogP contribution is 2.44. The van der Waals surface area contributed by atoms with Crippen LogP contribution in [-0.2, 0) is 0 Å². The number of hydrogen-bond acceptors (Lipinski definition) is 5. The van der Waals surface area contributed by atoms with Crippen LogP contribution in [0.25, 0.3) is 32.6 Å². The molecule has 2 aromatic heterocycles. The van der Waals surface area contributed by atoms with E-state index in [0.717, 1.165) is 28.0 Å². The molecule has 0 aliphatic carbocycles. The Balaban J connectivity index is 2.14. The van der Waals surface area contributed by atoms with E-state index in [4.69, 9.17) is 0 Å². The number of benzene rings is 2. The Hall–Kier alpha value is -3.23. The maximum absolute atomic E-state index is 10.5. The van der Waals surface area contributed by atoms with Gasteiger partial charge < -0.3 is 5.11 Å². The molecule has 0 aliphatic rings. The van der Waals surface area contributed by atoms with Gasteiger partial charge >= 0.3 is 0 Å². The third-order valence-electron chi connectivity index (χ3n) is 3.80. The van der Waals surface area contributed by atoms with Gasteiger partial charge in [-0.25, -0.2) is 0 Å². The molecule has 0 unspecified atom stereocenters. The third kappa shape index (κ3) is 2.21. The summed E-state index contributed by atoms with van der Waals surface area (Å²) in [6.45, 7) is 0. The Morgan fingerprint density at radius 2 is 1.50 bits per heavy atom. The summed E-state index contributed by atoms with van der Waals surface area (Å²) in [6.07, 6.45) is 0. The quantitative estimate of drug-likeness (QED) is 0.583. The zero-order chi connectivity index (χ0) is 16.5. The molecule has 4 rings (SSSR count). The molecule has 24 heavy (non-hydrogen) atoms. The van der Waals surface area contributed by atoms with Gasteiger partial charge in [0.15, 0.2) is 10.6 Å². The van der Waals surface area contributed by atoms with E-state index in [1.165, 1.54) is 0 Å². The Morgan fingerprint density at radius 1 is 0.875 bits per heavy atom. The molecule has 0 atom stereocenters. The number of nitrogens with zero attached hydrogens (tertiary/aromatic N) is 3. The molecule has 0 saturated heterocycles. The summed E-state index contributed by atoms with van der Waals surface area (Å²) in [5.74, 6) is -0.0246. The highest BCUT2D eigenvalue weighted by atomic mass is 32.1. The molecule has 0 aliphatic heterocycles. The topological polar surface area (TPSA) is 69.8 Å². The number of aromatic hydroxyl groups is 1. The second kappa shape index (κ2) is 5.76. The normalized spacial score (nSPS) is 10.6. The first-order valence-corrected chi connectivity index (χ1v) is 8.14. The maximum atomic E-state index is 10.5. The standard InChI is InChI=1S/C19H11N3OS/c20-11-14-18(23)16-15(12-7-3-1-4-8-12)17(21-22-19(16)24-14)13-9-5-2-6-10-13/h1-10,23H. The van der Waals surface area contributed by atoms with E-state index < -0.39 is 0 Å². The van der Waals surface area contributed by atoms with E-state index >= 15 is 0 Å². The van der Waals surface area contributed by atoms with Crippen LogP contribution in [0.1, 0.15) is 4.88 Å². The Labute approximate surface area is 142 Å². The fraction of sp³-hybridized carbons (Fsp3) is 0. The van der Waals surface area contributed by atoms with Crippen molar-refractivity contribution in [3.63, 3.8) is 0 Å². The molecule has 2 heterocycles. The number of nitriles is 1. The Kier molecular flexibility index (Phi) is 3.45. The summed E-state index contributed by atoms with van der Waals surface area (Å²) in [7, 11) is 0. The fourth-order valence-electron chi connectivity index (χ4n) is 2.73. The van der Waals surface area contributed by atoms with Gasteiger partial charge in [0.05, 0.1) is 5.39 Å². The van der Waals surface area contributed by atoms with Crippen molar-refractivity contribution in [2.45, 2.75) is 0 Å². The smallest absolute Gasteiger partial charge is 0.154 e. The molecule has 0 amide bonds. The highest BCUT2D eigenvalue weighted by Gasteiger charge is 2.21. The van der Waals surface area contributed by atoms with Gasteiger partial charge in [-0.05, 0) is 5.56 Å². The lowest BCUT2D eigenvalue weighted by atomic mass is 9.97. The largest absolute Gasteiger partial charge is 0.505 e. The molecule has 5 heteroatoms. The predicted molar refractivity (Wildman–Crippen MR) is 94.7 cm³/mol. The summed E-state index contributed by atoms with van der Waals surface area (Å²) in [4.78, 5) is 0.810. The number of thiophene rings is 1. The van der Waals surface area contributed by atoms with Gasteiger partial charge in [0.1, 0.15) is 16.6 Å². The van der Waals surface area contributed by atoms with Crippen molar-refractivity contribution in [2.75, 3.05) is 0 Å². The van der Waals surface area contributed by atoms with E-state index in [9.17, 15) is 10.4 Å². The Morgan fingerprint density at radius 3 is 2.12 bits per heavy atom. The lowest BCUT2D eigenvalue weighted by Crippen LogP contribution is -1.93. The van der Waals surface area contributed by atoms with Gasteiger partial charge in [0, 0.05) is 11.1 Å². The summed E-state index contributed by atoms with van der Waals surface area (Å²) < 4.78 is 0. The van der Waals surface area contributed by atoms with Gasteiger partial charge in [-0.2, -0.15) is 5.26 Å². The van der Waals surface area contributed by atoms with Crippen molar-refractivity contribution in [1.29, 1.82) is 5.26 Å². The molecule has 4 nitrogen and oxygen atoms in total. The molecule has 114 valence electrons. The second-order valence-electron chi connectivity index (χ2n) is 5.23. The van der Waals surface area contributed by atoms with Gasteiger partial charge in [-0.15, -0.1) is 10.2 Å². The van der Waals surface area contributed by atoms with Crippen molar-refractivity contribution >= 4 is 21.6 Å². The summed E-state index contributed by atoms with van der Waals surface area (Å²) >= 11 is 1.15. The van der Waals surface area contributed by atoms with E-state index in [-0.39, 0.29) is 10.6 Å². The molecular formula is C19H11N3OS. The van der Waals surface area contributed by atoms with Crippen molar-refractivity contribution in [2.24, 2.45) is 0 Å². The van der Waals surface area contributed by atoms with Crippen LogP contribution in [0.15, 0.2) is 60.7 Å². The van der Waals surface area contributed by atoms with Crippen LogP contribution < -0.4 is 0 Å². The molecule has 0 fully saturated rings. The van der Waals surface area contributed by atoms with Crippen molar-refractivity contribution in [1.82, 2.24) is 10.2 Å². The maximum Gasteiger partial charge on any atom is 0.154 e. The minimum atomic E-state index is -0.0246. The second-order valence-corrected chi connectivity index (χ2v) is 6.23. The van der Waals surface area contributed by atoms with Crippen LogP contribution in [0.5, 0.6) is 5.75 Å². The lowest BCUT2D eigenvalue weighted by molar-refractivity contribution is 0.482. The number of aromatic nitrogens is 2. The van der Waals surface area contributed by atoms with Crippen LogP contribution >= 0.6 is 11.3 Å². The zero-order valence-corrected chi connectivity index (χ0v) is 13.3. The number of hydrogen-bond donors (Lipinski definition) is 1. The average Bonchev–Trinajstić information content (AvgIpc) is 2.98. The van der Waals surface area contributed by atoms with E-state index in [1.807, 2.05) is 66.7 Å². The molecule has 0 bridgehead atoms. The lowest BCUT2D eigenvalue weighted by Gasteiger charge is -2.10. The molecule has 4 aromatic rings. The monoisotopic (exact) mass is 329 g/mol. The van der Waals surface area contributed by atoms with Crippen LogP contribution in [0.4, 0.5) is 0 Å². The van der Waals surface area contributed by atoms with Crippen LogP contribution in [0.3, 0.4) is 0 Å². The highest BCUT2D eigenvalue weighted by molar-refractivity contribution is 7.19. The van der Waals surface area contributed by atoms with Crippen LogP contribution in [-0.4, -0.2) is 15.3 Å². The molecular weight excluding hydrogens is 318 g/mol. The Bertz CT molecular complexity index is 1070. The SMILES string of the molecule is N#Cc1sc2nnc(-c3ccccc3)c(-c3ccccc3)c2c1O. The third-order valence-corrected chi connectivity index (χ3v) is 4.77. The van der Waals surface area contributed by atoms with Gasteiger partial charge in [-0.3, -0.25) is 0 Å². The van der Waals surface area contributed by atoms with Crippen molar-refractivity contribution in [3.05, 3.63) is 65.5 Å². The minimum Gasteiger partial charge on any atom is -0.505 e.